The van der Waals surface area contributed by atoms with Crippen LogP contribution in [0.2, 0.25) is 25.7 Å². The Morgan fingerprint density at radius 3 is 2.34 bits per heavy atom. The standard InChI is InChI=1S/C20H33N3O5Si/c1-29(2,3)14-13-27-19(25)22-12-8-7-11-17(18(21)24)23-20(26)28-15-16-9-5-4-6-10-16/h4-6,9-10,17H,7-8,11-15H2,1-3H3,(H2,21,24)(H,22,25)(H,23,26)/t17-/m0/s1. The first-order valence-corrected chi connectivity index (χ1v) is 13.6. The number of amides is 3. The van der Waals surface area contributed by atoms with Crippen molar-refractivity contribution in [3.63, 3.8) is 0 Å². The molecule has 4 N–H and O–H groups in total. The summed E-state index contributed by atoms with van der Waals surface area (Å²) in [6, 6.07) is 9.34. The van der Waals surface area contributed by atoms with Crippen LogP contribution in [0.5, 0.6) is 0 Å². The lowest BCUT2D eigenvalue weighted by atomic mass is 10.1. The van der Waals surface area contributed by atoms with E-state index in [0.717, 1.165) is 11.6 Å². The number of benzene rings is 1. The summed E-state index contributed by atoms with van der Waals surface area (Å²) in [6.07, 6.45) is 0.469. The van der Waals surface area contributed by atoms with E-state index >= 15 is 0 Å². The number of primary amides is 1. The topological polar surface area (TPSA) is 120 Å². The second kappa shape index (κ2) is 12.8. The van der Waals surface area contributed by atoms with Crippen molar-refractivity contribution in [2.24, 2.45) is 5.73 Å². The van der Waals surface area contributed by atoms with Crippen molar-refractivity contribution in [3.8, 4) is 0 Å². The maximum atomic E-state index is 11.9. The van der Waals surface area contributed by atoms with Gasteiger partial charge in [-0.05, 0) is 30.9 Å². The van der Waals surface area contributed by atoms with E-state index in [1.165, 1.54) is 0 Å². The predicted molar refractivity (Wildman–Crippen MR) is 114 cm³/mol. The van der Waals surface area contributed by atoms with Crippen LogP contribution in [0.3, 0.4) is 0 Å². The summed E-state index contributed by atoms with van der Waals surface area (Å²) in [5.41, 5.74) is 6.20. The third kappa shape index (κ3) is 12.5. The lowest BCUT2D eigenvalue weighted by Crippen LogP contribution is -2.44. The molecule has 0 fully saturated rings. The van der Waals surface area contributed by atoms with Crippen LogP contribution in [0.15, 0.2) is 30.3 Å². The monoisotopic (exact) mass is 423 g/mol. The van der Waals surface area contributed by atoms with E-state index in [2.05, 4.69) is 30.3 Å². The minimum absolute atomic E-state index is 0.113. The molecule has 3 amide bonds. The van der Waals surface area contributed by atoms with Gasteiger partial charge in [-0.3, -0.25) is 4.79 Å². The second-order valence-corrected chi connectivity index (χ2v) is 13.7. The number of hydrogen-bond donors (Lipinski definition) is 3. The van der Waals surface area contributed by atoms with Gasteiger partial charge in [-0.25, -0.2) is 9.59 Å². The van der Waals surface area contributed by atoms with Gasteiger partial charge in [-0.2, -0.15) is 0 Å². The fourth-order valence-corrected chi connectivity index (χ4v) is 3.07. The predicted octanol–water partition coefficient (Wildman–Crippen LogP) is 3.00. The number of nitrogens with two attached hydrogens (primary N) is 1. The van der Waals surface area contributed by atoms with Crippen LogP contribution >= 0.6 is 0 Å². The van der Waals surface area contributed by atoms with E-state index in [1.54, 1.807) is 0 Å². The largest absolute Gasteiger partial charge is 0.450 e. The molecular formula is C20H33N3O5Si. The van der Waals surface area contributed by atoms with E-state index in [-0.39, 0.29) is 6.61 Å². The number of alkyl carbamates (subject to hydrolysis) is 2. The average molecular weight is 424 g/mol. The highest BCUT2D eigenvalue weighted by Crippen LogP contribution is 2.07. The van der Waals surface area contributed by atoms with Crippen molar-refractivity contribution in [2.75, 3.05) is 13.2 Å². The van der Waals surface area contributed by atoms with Gasteiger partial charge < -0.3 is 25.8 Å². The first kappa shape index (κ1) is 24.5. The number of unbranched alkanes of at least 4 members (excludes halogenated alkanes) is 1. The number of rotatable bonds is 12. The molecule has 1 aromatic rings. The molecule has 162 valence electrons. The normalized spacial score (nSPS) is 12.0. The van der Waals surface area contributed by atoms with Crippen LogP contribution in [0.1, 0.15) is 24.8 Å². The summed E-state index contributed by atoms with van der Waals surface area (Å²) in [6.45, 7) is 7.62. The van der Waals surface area contributed by atoms with Crippen molar-refractivity contribution in [2.45, 2.75) is 57.6 Å². The molecule has 29 heavy (non-hydrogen) atoms. The van der Waals surface area contributed by atoms with Crippen LogP contribution in [0.25, 0.3) is 0 Å². The van der Waals surface area contributed by atoms with Gasteiger partial charge in [0.05, 0.1) is 6.61 Å². The lowest BCUT2D eigenvalue weighted by Gasteiger charge is -2.16. The highest BCUT2D eigenvalue weighted by Gasteiger charge is 2.18. The molecule has 0 radical (unpaired) electrons. The Morgan fingerprint density at radius 1 is 1.03 bits per heavy atom. The number of ether oxygens (including phenoxy) is 2. The van der Waals surface area contributed by atoms with Crippen molar-refractivity contribution in [1.29, 1.82) is 0 Å². The maximum Gasteiger partial charge on any atom is 0.408 e. The Balaban J connectivity index is 2.19. The molecule has 0 aliphatic heterocycles. The molecule has 0 aromatic heterocycles. The number of carbonyl (C=O) groups is 3. The first-order valence-electron chi connectivity index (χ1n) is 9.84. The molecule has 1 aromatic carbocycles. The first-order chi connectivity index (χ1) is 13.7. The Bertz CT molecular complexity index is 649. The van der Waals surface area contributed by atoms with E-state index < -0.39 is 32.2 Å². The zero-order valence-electron chi connectivity index (χ0n) is 17.5. The van der Waals surface area contributed by atoms with Crippen molar-refractivity contribution in [1.82, 2.24) is 10.6 Å². The minimum Gasteiger partial charge on any atom is -0.450 e. The number of nitrogens with one attached hydrogen (secondary N) is 2. The molecule has 0 saturated carbocycles. The van der Waals surface area contributed by atoms with Crippen molar-refractivity contribution < 1.29 is 23.9 Å². The smallest absolute Gasteiger partial charge is 0.408 e. The average Bonchev–Trinajstić information content (AvgIpc) is 2.64. The van der Waals surface area contributed by atoms with Gasteiger partial charge >= 0.3 is 12.2 Å². The third-order valence-corrected chi connectivity index (χ3v) is 5.83. The molecule has 0 unspecified atom stereocenters. The van der Waals surface area contributed by atoms with Gasteiger partial charge in [0.1, 0.15) is 12.6 Å². The lowest BCUT2D eigenvalue weighted by molar-refractivity contribution is -0.120. The molecule has 8 nitrogen and oxygen atoms in total. The molecule has 0 heterocycles. The SMILES string of the molecule is C[Si](C)(C)CCOC(=O)NCCCC[C@H](NC(=O)OCc1ccccc1)C(N)=O. The summed E-state index contributed by atoms with van der Waals surface area (Å²) in [5, 5.41) is 5.16. The van der Waals surface area contributed by atoms with Crippen LogP contribution in [0.4, 0.5) is 9.59 Å². The zero-order chi connectivity index (χ0) is 21.7. The molecule has 1 rings (SSSR count). The van der Waals surface area contributed by atoms with Gasteiger partial charge in [0.15, 0.2) is 0 Å². The molecule has 0 aliphatic rings. The van der Waals surface area contributed by atoms with E-state index in [1.807, 2.05) is 30.3 Å². The highest BCUT2D eigenvalue weighted by atomic mass is 28.3. The van der Waals surface area contributed by atoms with Crippen LogP contribution in [-0.4, -0.2) is 45.4 Å². The van der Waals surface area contributed by atoms with Gasteiger partial charge in [-0.15, -0.1) is 0 Å². The van der Waals surface area contributed by atoms with E-state index in [0.29, 0.717) is 32.4 Å². The van der Waals surface area contributed by atoms with Gasteiger partial charge in [-0.1, -0.05) is 50.0 Å². The molecule has 9 heteroatoms. The Labute approximate surface area is 173 Å². The molecule has 0 saturated heterocycles. The van der Waals surface area contributed by atoms with Crippen LogP contribution < -0.4 is 16.4 Å². The van der Waals surface area contributed by atoms with Crippen molar-refractivity contribution in [3.05, 3.63) is 35.9 Å². The third-order valence-electron chi connectivity index (χ3n) is 4.12. The molecule has 1 atom stereocenters. The fourth-order valence-electron chi connectivity index (χ4n) is 2.36. The van der Waals surface area contributed by atoms with Crippen LogP contribution in [0, 0.1) is 0 Å². The summed E-state index contributed by atoms with van der Waals surface area (Å²) < 4.78 is 10.2. The van der Waals surface area contributed by atoms with Gasteiger partial charge in [0.2, 0.25) is 5.91 Å². The summed E-state index contributed by atoms with van der Waals surface area (Å²) in [7, 11) is -1.22. The van der Waals surface area contributed by atoms with Gasteiger partial charge in [0, 0.05) is 14.6 Å². The molecule has 0 spiro atoms. The quantitative estimate of drug-likeness (QED) is 0.353. The van der Waals surface area contributed by atoms with Crippen LogP contribution in [-0.2, 0) is 20.9 Å². The van der Waals surface area contributed by atoms with Gasteiger partial charge in [0.25, 0.3) is 0 Å². The number of hydrogen-bond acceptors (Lipinski definition) is 5. The Hall–Kier alpha value is -2.55. The summed E-state index contributed by atoms with van der Waals surface area (Å²) >= 11 is 0. The van der Waals surface area contributed by atoms with E-state index in [9.17, 15) is 14.4 Å². The molecule has 0 bridgehead atoms. The van der Waals surface area contributed by atoms with Crippen molar-refractivity contribution >= 4 is 26.2 Å². The minimum atomic E-state index is -1.22. The maximum absolute atomic E-state index is 11.9. The zero-order valence-corrected chi connectivity index (χ0v) is 18.5. The summed E-state index contributed by atoms with van der Waals surface area (Å²) in [4.78, 5) is 35.0. The molecular weight excluding hydrogens is 390 g/mol. The Kier molecular flexibility index (Phi) is 10.8. The molecule has 0 aliphatic carbocycles. The second-order valence-electron chi connectivity index (χ2n) is 8.03. The summed E-state index contributed by atoms with van der Waals surface area (Å²) in [5.74, 6) is -0.625. The Morgan fingerprint density at radius 2 is 1.72 bits per heavy atom. The van der Waals surface area contributed by atoms with E-state index in [4.69, 9.17) is 15.2 Å². The highest BCUT2D eigenvalue weighted by molar-refractivity contribution is 6.76. The fraction of sp³-hybridized carbons (Fsp3) is 0.550. The number of carbonyl (C=O) groups excluding carboxylic acids is 3.